The molecule has 3 aliphatic rings. The van der Waals surface area contributed by atoms with Crippen LogP contribution in [0.5, 0.6) is 0 Å². The Morgan fingerprint density at radius 3 is 2.09 bits per heavy atom. The van der Waals surface area contributed by atoms with Crippen LogP contribution < -0.4 is 25.3 Å². The van der Waals surface area contributed by atoms with Gasteiger partial charge in [-0.25, -0.2) is 9.97 Å². The predicted octanol–water partition coefficient (Wildman–Crippen LogP) is 11.9. The van der Waals surface area contributed by atoms with E-state index in [2.05, 4.69) is 96.3 Å². The van der Waals surface area contributed by atoms with Crippen LogP contribution in [-0.2, 0) is 36.7 Å². The molecule has 0 aromatic carbocycles. The minimum absolute atomic E-state index is 0. The summed E-state index contributed by atoms with van der Waals surface area (Å²) in [6.07, 6.45) is 17.1. The Bertz CT molecular complexity index is 2490. The van der Waals surface area contributed by atoms with E-state index in [1.54, 1.807) is 0 Å². The maximum Gasteiger partial charge on any atom is 2.00 e. The zero-order valence-corrected chi connectivity index (χ0v) is 46.7. The van der Waals surface area contributed by atoms with Gasteiger partial charge >= 0.3 is 35.0 Å². The minimum atomic E-state index is -0.465. The molecule has 5 unspecified atom stereocenters. The molecule has 0 spiro atoms. The topological polar surface area (TPSA) is 138 Å². The van der Waals surface area contributed by atoms with Gasteiger partial charge in [0.15, 0.2) is 0 Å². The summed E-state index contributed by atoms with van der Waals surface area (Å²) >= 11 is 0. The smallest absolute Gasteiger partial charge is 0.664 e. The van der Waals surface area contributed by atoms with E-state index in [-0.39, 0.29) is 72.3 Å². The Morgan fingerprint density at radius 1 is 0.814 bits per heavy atom. The van der Waals surface area contributed by atoms with Crippen LogP contribution in [0.25, 0.3) is 33.3 Å². The van der Waals surface area contributed by atoms with Crippen LogP contribution in [0.15, 0.2) is 42.5 Å². The number of methoxy groups -OCH3 is 1. The summed E-state index contributed by atoms with van der Waals surface area (Å²) in [6, 6.07) is 6.07. The SMILES string of the molecule is C=CC1=C(C)c2cc3[n-]c(c(CC(=O)OC)c4[nH+]c(cc5[n-]c(cc1[nH+]2)c(C)c5CC)C(C)=C4C(=O)NC(C)CC)C(CCC(=O)OCC=C(C)CCCC(C)CCCC(C)CCCC(C)C)C3C.[Mg+2]. The molecule has 10 nitrogen and oxygen atoms in total. The zero-order chi connectivity index (χ0) is 50.5. The van der Waals surface area contributed by atoms with Crippen molar-refractivity contribution in [3.8, 4) is 0 Å². The number of fused-ring (bicyclic) bond motifs is 8. The molecule has 0 fully saturated rings. The molecule has 0 aliphatic carbocycles. The molecule has 0 saturated carbocycles. The number of ether oxygens (including phenoxy) is 2. The second-order valence-electron chi connectivity index (χ2n) is 20.8. The molecule has 3 aliphatic heterocycles. The Morgan fingerprint density at radius 2 is 1.46 bits per heavy atom. The monoisotopic (exact) mass is 968 g/mol. The number of carbonyl (C=O) groups excluding carboxylic acids is 3. The number of nitrogens with zero attached hydrogens (tertiary/aromatic N) is 2. The van der Waals surface area contributed by atoms with E-state index in [1.807, 2.05) is 39.0 Å². The first-order chi connectivity index (χ1) is 32.9. The first-order valence-electron chi connectivity index (χ1n) is 26.2. The normalized spacial score (nSPS) is 16.7. The number of hydrogen-bond donors (Lipinski definition) is 1. The zero-order valence-electron chi connectivity index (χ0n) is 45.3. The van der Waals surface area contributed by atoms with Crippen LogP contribution in [0.1, 0.15) is 216 Å². The number of carbonyl (C=O) groups is 3. The van der Waals surface area contributed by atoms with Gasteiger partial charge in [-0.05, 0) is 121 Å². The van der Waals surface area contributed by atoms with Crippen LogP contribution in [0.3, 0.4) is 0 Å². The van der Waals surface area contributed by atoms with Crippen molar-refractivity contribution in [2.75, 3.05) is 13.7 Å². The molecule has 2 aromatic heterocycles. The number of H-pyrrole nitrogens is 2. The van der Waals surface area contributed by atoms with Gasteiger partial charge in [-0.1, -0.05) is 123 Å². The number of aryl methyl sites for hydroxylation is 2. The van der Waals surface area contributed by atoms with Crippen LogP contribution in [0, 0.1) is 24.7 Å². The molecule has 70 heavy (non-hydrogen) atoms. The second-order valence-corrected chi connectivity index (χ2v) is 20.8. The average molecular weight is 969 g/mol. The molecule has 2 aromatic rings. The molecule has 3 N–H and O–H groups in total. The number of rotatable bonds is 24. The van der Waals surface area contributed by atoms with Gasteiger partial charge in [0.25, 0.3) is 5.91 Å². The minimum Gasteiger partial charge on any atom is -0.664 e. The van der Waals surface area contributed by atoms with Crippen molar-refractivity contribution in [1.82, 2.24) is 15.3 Å². The molecule has 0 saturated heterocycles. The van der Waals surface area contributed by atoms with Crippen LogP contribution in [0.4, 0.5) is 0 Å². The molecule has 5 heterocycles. The van der Waals surface area contributed by atoms with E-state index in [4.69, 9.17) is 19.4 Å². The Kier molecular flexibility index (Phi) is 22.7. The second kappa shape index (κ2) is 27.4. The van der Waals surface area contributed by atoms with Gasteiger partial charge in [0, 0.05) is 29.2 Å². The molecule has 5 atom stereocenters. The maximum absolute atomic E-state index is 14.4. The van der Waals surface area contributed by atoms with Crippen LogP contribution in [-0.4, -0.2) is 60.7 Å². The molecule has 11 heteroatoms. The van der Waals surface area contributed by atoms with Crippen molar-refractivity contribution in [2.24, 2.45) is 17.8 Å². The number of amides is 1. The maximum atomic E-state index is 14.4. The quantitative estimate of drug-likeness (QED) is 0.0628. The molecule has 376 valence electrons. The molecular weight excluding hydrogens is 883 g/mol. The Hall–Kier alpha value is -4.48. The summed E-state index contributed by atoms with van der Waals surface area (Å²) in [5.74, 6) is 0.873. The summed E-state index contributed by atoms with van der Waals surface area (Å²) in [5.41, 5.74) is 13.3. The Labute approximate surface area is 436 Å². The van der Waals surface area contributed by atoms with E-state index < -0.39 is 5.97 Å². The number of esters is 2. The molecule has 0 radical (unpaired) electrons. The fourth-order valence-electron chi connectivity index (χ4n) is 10.2. The van der Waals surface area contributed by atoms with E-state index in [9.17, 15) is 14.4 Å². The summed E-state index contributed by atoms with van der Waals surface area (Å²) in [7, 11) is 1.37. The van der Waals surface area contributed by atoms with Crippen molar-refractivity contribution >= 4 is 74.2 Å². The third-order valence-corrected chi connectivity index (χ3v) is 15.0. The Balaban J connectivity index is 0.0000107. The average Bonchev–Trinajstić information content (AvgIpc) is 3.99. The van der Waals surface area contributed by atoms with Gasteiger partial charge in [-0.15, -0.1) is 22.4 Å². The van der Waals surface area contributed by atoms with E-state index in [1.165, 1.54) is 57.6 Å². The largest absolute Gasteiger partial charge is 2.00 e. The van der Waals surface area contributed by atoms with Gasteiger partial charge < -0.3 is 24.8 Å². The third kappa shape index (κ3) is 15.0. The first kappa shape index (κ1) is 58.1. The fraction of sp³-hybridized carbons (Fsp3) is 0.576. The molecule has 5 rings (SSSR count). The van der Waals surface area contributed by atoms with E-state index >= 15 is 0 Å². The first-order valence-corrected chi connectivity index (χ1v) is 26.2. The third-order valence-electron chi connectivity index (χ3n) is 15.0. The van der Waals surface area contributed by atoms with Gasteiger partial charge in [0.2, 0.25) is 22.8 Å². The number of aromatic nitrogens is 4. The standard InChI is InChI=1S/C59H84N5O5.Mg/c1-15-39(9)60-59(67)56-43(13)51-34-53-45(17-3)41(11)49(62-53)33-52-44(16-2)40(10)48(61-52)32-50-42(12)46(57(63-50)47(58(56)64-51)31-55(66)68-14)27-28-54(65)69-30-29-38(8)26-20-25-37(7)24-19-23-36(6)22-18-21-35(4)5;/h16,29,32-37,39,42,46H,2,15,17-28,30-31H2,1,3-14H3,(H2-,60,61,62,63,64,67);/q-1;+2/p+1. The van der Waals surface area contributed by atoms with Crippen molar-refractivity contribution in [2.45, 2.75) is 191 Å². The van der Waals surface area contributed by atoms with Crippen LogP contribution in [0.2, 0.25) is 0 Å². The molecule has 8 bridgehead atoms. The summed E-state index contributed by atoms with van der Waals surface area (Å²) < 4.78 is 11.2. The van der Waals surface area contributed by atoms with E-state index in [0.29, 0.717) is 40.6 Å². The predicted molar refractivity (Wildman–Crippen MR) is 286 cm³/mol. The van der Waals surface area contributed by atoms with Crippen molar-refractivity contribution in [1.29, 1.82) is 0 Å². The number of aromatic amines is 2. The summed E-state index contributed by atoms with van der Waals surface area (Å²) in [5, 5.41) is 3.19. The van der Waals surface area contributed by atoms with Gasteiger partial charge in [0.05, 0.1) is 19.1 Å². The molecular formula is C59H85MgN5O5+2. The van der Waals surface area contributed by atoms with Crippen molar-refractivity contribution in [3.63, 3.8) is 0 Å². The van der Waals surface area contributed by atoms with Crippen LogP contribution >= 0.6 is 0 Å². The van der Waals surface area contributed by atoms with Gasteiger partial charge in [0.1, 0.15) is 12.2 Å². The number of nitrogens with one attached hydrogen (secondary N) is 3. The van der Waals surface area contributed by atoms with Crippen molar-refractivity contribution in [3.05, 3.63) is 93.4 Å². The van der Waals surface area contributed by atoms with Gasteiger partial charge in [-0.2, -0.15) is 0 Å². The number of allylic oxidation sites excluding steroid dienone is 5. The number of hydrogen-bond acceptors (Lipinski definition) is 5. The van der Waals surface area contributed by atoms with E-state index in [0.717, 1.165) is 93.5 Å². The molecule has 1 amide bonds. The van der Waals surface area contributed by atoms with Gasteiger partial charge in [-0.3, -0.25) is 14.4 Å². The summed E-state index contributed by atoms with van der Waals surface area (Å²) in [4.78, 5) is 59.3. The van der Waals surface area contributed by atoms with Crippen molar-refractivity contribution < 1.29 is 33.8 Å². The summed E-state index contributed by atoms with van der Waals surface area (Å²) in [6.45, 7) is 30.3. The fourth-order valence-corrected chi connectivity index (χ4v) is 10.2.